The van der Waals surface area contributed by atoms with Gasteiger partial charge in [0, 0.05) is 32.1 Å². The molecule has 0 N–H and O–H groups in total. The molecular weight excluding hydrogens is 328 g/mol. The van der Waals surface area contributed by atoms with Crippen molar-refractivity contribution in [2.24, 2.45) is 0 Å². The van der Waals surface area contributed by atoms with Gasteiger partial charge in [0.15, 0.2) is 11.5 Å². The predicted molar refractivity (Wildman–Crippen MR) is 98.9 cm³/mol. The van der Waals surface area contributed by atoms with Gasteiger partial charge in [0.2, 0.25) is 12.7 Å². The number of hydrogen-bond acceptors (Lipinski definition) is 4. The molecule has 1 atom stereocenters. The molecule has 2 aliphatic rings. The Morgan fingerprint density at radius 3 is 2.69 bits per heavy atom. The first kappa shape index (κ1) is 16.9. The summed E-state index contributed by atoms with van der Waals surface area (Å²) in [4.78, 5) is 16.8. The largest absolute Gasteiger partial charge is 0.454 e. The molecule has 1 saturated heterocycles. The molecule has 2 aliphatic heterocycles. The lowest BCUT2D eigenvalue weighted by molar-refractivity contribution is -0.136. The fraction of sp³-hybridized carbons (Fsp3) is 0.381. The van der Waals surface area contributed by atoms with E-state index >= 15 is 0 Å². The van der Waals surface area contributed by atoms with Crippen LogP contribution in [0.5, 0.6) is 11.5 Å². The van der Waals surface area contributed by atoms with Gasteiger partial charge in [-0.05, 0) is 36.7 Å². The van der Waals surface area contributed by atoms with E-state index in [2.05, 4.69) is 30.1 Å². The topological polar surface area (TPSA) is 42.0 Å². The van der Waals surface area contributed by atoms with E-state index in [0.717, 1.165) is 31.0 Å². The maximum Gasteiger partial charge on any atom is 0.231 e. The standard InChI is InChI=1S/C21H24N2O3/c1-22(13-17-7-8-19-20(11-17)26-15-25-19)18-9-10-23(21(24)12-18)14-16-5-3-2-4-6-16/h2-8,11,18H,9-10,12-15H2,1H3. The SMILES string of the molecule is CN(Cc1ccc2c(c1)OCO2)C1CCN(Cc2ccccc2)C(=O)C1. The molecule has 1 fully saturated rings. The van der Waals surface area contributed by atoms with E-state index in [-0.39, 0.29) is 11.9 Å². The summed E-state index contributed by atoms with van der Waals surface area (Å²) >= 11 is 0. The van der Waals surface area contributed by atoms with Gasteiger partial charge in [-0.15, -0.1) is 0 Å². The van der Waals surface area contributed by atoms with E-state index < -0.39 is 0 Å². The molecule has 0 aliphatic carbocycles. The van der Waals surface area contributed by atoms with Crippen molar-refractivity contribution < 1.29 is 14.3 Å². The number of amides is 1. The number of fused-ring (bicyclic) bond motifs is 1. The van der Waals surface area contributed by atoms with E-state index in [1.54, 1.807) is 0 Å². The minimum atomic E-state index is 0.239. The smallest absolute Gasteiger partial charge is 0.231 e. The van der Waals surface area contributed by atoms with Crippen LogP contribution in [0, 0.1) is 0 Å². The van der Waals surface area contributed by atoms with Gasteiger partial charge in [-0.2, -0.15) is 0 Å². The van der Waals surface area contributed by atoms with Crippen LogP contribution >= 0.6 is 0 Å². The van der Waals surface area contributed by atoms with E-state index in [1.165, 1.54) is 11.1 Å². The zero-order valence-electron chi connectivity index (χ0n) is 15.1. The molecule has 26 heavy (non-hydrogen) atoms. The van der Waals surface area contributed by atoms with E-state index in [0.29, 0.717) is 19.8 Å². The van der Waals surface area contributed by atoms with Crippen LogP contribution in [0.1, 0.15) is 24.0 Å². The van der Waals surface area contributed by atoms with Crippen LogP contribution in [0.15, 0.2) is 48.5 Å². The number of carbonyl (C=O) groups is 1. The Morgan fingerprint density at radius 2 is 1.88 bits per heavy atom. The first-order valence-electron chi connectivity index (χ1n) is 9.09. The van der Waals surface area contributed by atoms with Crippen LogP contribution in [0.2, 0.25) is 0 Å². The third-order valence-electron chi connectivity index (χ3n) is 5.20. The second-order valence-electron chi connectivity index (χ2n) is 7.05. The van der Waals surface area contributed by atoms with Crippen LogP contribution in [-0.4, -0.2) is 42.1 Å². The van der Waals surface area contributed by atoms with Crippen LogP contribution in [-0.2, 0) is 17.9 Å². The van der Waals surface area contributed by atoms with Crippen LogP contribution in [0.4, 0.5) is 0 Å². The van der Waals surface area contributed by atoms with Crippen LogP contribution < -0.4 is 9.47 Å². The van der Waals surface area contributed by atoms with E-state index in [9.17, 15) is 4.79 Å². The van der Waals surface area contributed by atoms with Crippen molar-refractivity contribution in [3.05, 3.63) is 59.7 Å². The van der Waals surface area contributed by atoms with Crippen LogP contribution in [0.25, 0.3) is 0 Å². The maximum atomic E-state index is 12.6. The number of rotatable bonds is 5. The van der Waals surface area contributed by atoms with Crippen molar-refractivity contribution in [3.63, 3.8) is 0 Å². The molecule has 2 aromatic rings. The number of piperidine rings is 1. The highest BCUT2D eigenvalue weighted by molar-refractivity contribution is 5.77. The summed E-state index contributed by atoms with van der Waals surface area (Å²) in [5.41, 5.74) is 2.36. The zero-order valence-corrected chi connectivity index (χ0v) is 15.1. The summed E-state index contributed by atoms with van der Waals surface area (Å²) in [6, 6.07) is 16.5. The number of nitrogens with zero attached hydrogens (tertiary/aromatic N) is 2. The average molecular weight is 352 g/mol. The summed E-state index contributed by atoms with van der Waals surface area (Å²) < 4.78 is 10.8. The zero-order chi connectivity index (χ0) is 17.9. The summed E-state index contributed by atoms with van der Waals surface area (Å²) in [5, 5.41) is 0. The fourth-order valence-corrected chi connectivity index (χ4v) is 3.67. The van der Waals surface area contributed by atoms with Gasteiger partial charge < -0.3 is 14.4 Å². The number of ether oxygens (including phenoxy) is 2. The number of benzene rings is 2. The quantitative estimate of drug-likeness (QED) is 0.829. The number of hydrogen-bond donors (Lipinski definition) is 0. The average Bonchev–Trinajstić information content (AvgIpc) is 3.12. The molecule has 5 heteroatoms. The fourth-order valence-electron chi connectivity index (χ4n) is 3.67. The number of likely N-dealkylation sites (tertiary alicyclic amines) is 1. The molecule has 0 saturated carbocycles. The molecule has 136 valence electrons. The molecule has 4 rings (SSSR count). The summed E-state index contributed by atoms with van der Waals surface area (Å²) in [6.07, 6.45) is 1.58. The van der Waals surface area contributed by atoms with Crippen molar-refractivity contribution in [2.75, 3.05) is 20.4 Å². The minimum absolute atomic E-state index is 0.239. The first-order valence-corrected chi connectivity index (χ1v) is 9.09. The summed E-state index contributed by atoms with van der Waals surface area (Å²) in [6.45, 7) is 2.61. The first-order chi connectivity index (χ1) is 12.7. The molecule has 0 aromatic heterocycles. The van der Waals surface area contributed by atoms with Crippen LogP contribution in [0.3, 0.4) is 0 Å². The highest BCUT2D eigenvalue weighted by Crippen LogP contribution is 2.33. The Labute approximate surface area is 154 Å². The third kappa shape index (κ3) is 3.68. The van der Waals surface area contributed by atoms with Crippen molar-refractivity contribution in [3.8, 4) is 11.5 Å². The molecule has 1 amide bonds. The molecule has 0 spiro atoms. The lowest BCUT2D eigenvalue weighted by Gasteiger charge is -2.36. The Balaban J connectivity index is 1.34. The highest BCUT2D eigenvalue weighted by Gasteiger charge is 2.28. The van der Waals surface area contributed by atoms with E-state index in [4.69, 9.17) is 9.47 Å². The molecule has 0 radical (unpaired) electrons. The number of carbonyl (C=O) groups excluding carboxylic acids is 1. The summed E-state index contributed by atoms with van der Waals surface area (Å²) in [7, 11) is 2.09. The molecule has 0 bridgehead atoms. The summed E-state index contributed by atoms with van der Waals surface area (Å²) in [5.74, 6) is 1.85. The van der Waals surface area contributed by atoms with Gasteiger partial charge in [-0.25, -0.2) is 0 Å². The Hall–Kier alpha value is -2.53. The van der Waals surface area contributed by atoms with Gasteiger partial charge in [0.1, 0.15) is 0 Å². The predicted octanol–water partition coefficient (Wildman–Crippen LogP) is 3.04. The monoisotopic (exact) mass is 352 g/mol. The lowest BCUT2D eigenvalue weighted by atomic mass is 10.0. The molecule has 1 unspecified atom stereocenters. The van der Waals surface area contributed by atoms with Gasteiger partial charge in [-0.3, -0.25) is 9.69 Å². The molecule has 2 heterocycles. The maximum absolute atomic E-state index is 12.6. The van der Waals surface area contributed by atoms with E-state index in [1.807, 2.05) is 35.2 Å². The minimum Gasteiger partial charge on any atom is -0.454 e. The van der Waals surface area contributed by atoms with Crippen molar-refractivity contribution in [1.82, 2.24) is 9.80 Å². The normalized spacial score (nSPS) is 19.2. The Kier molecular flexibility index (Phi) is 4.80. The molecule has 2 aromatic carbocycles. The molecular formula is C21H24N2O3. The second kappa shape index (κ2) is 7.38. The second-order valence-corrected chi connectivity index (χ2v) is 7.05. The Bertz CT molecular complexity index is 778. The molecule has 5 nitrogen and oxygen atoms in total. The van der Waals surface area contributed by atoms with Crippen molar-refractivity contribution >= 4 is 5.91 Å². The third-order valence-corrected chi connectivity index (χ3v) is 5.20. The van der Waals surface area contributed by atoms with Crippen molar-refractivity contribution in [1.29, 1.82) is 0 Å². The lowest BCUT2D eigenvalue weighted by Crippen LogP contribution is -2.46. The highest BCUT2D eigenvalue weighted by atomic mass is 16.7. The van der Waals surface area contributed by atoms with Gasteiger partial charge in [0.05, 0.1) is 0 Å². The Morgan fingerprint density at radius 1 is 1.08 bits per heavy atom. The van der Waals surface area contributed by atoms with Gasteiger partial charge in [-0.1, -0.05) is 36.4 Å². The van der Waals surface area contributed by atoms with Crippen molar-refractivity contribution in [2.45, 2.75) is 32.0 Å². The van der Waals surface area contributed by atoms with Gasteiger partial charge >= 0.3 is 0 Å². The van der Waals surface area contributed by atoms with Gasteiger partial charge in [0.25, 0.3) is 0 Å².